The highest BCUT2D eigenvalue weighted by Crippen LogP contribution is 2.11. The van der Waals surface area contributed by atoms with Crippen LogP contribution in [-0.4, -0.2) is 29.9 Å². The summed E-state index contributed by atoms with van der Waals surface area (Å²) in [4.78, 5) is 47.2. The van der Waals surface area contributed by atoms with Crippen molar-refractivity contribution < 1.29 is 28.7 Å². The fourth-order valence-corrected chi connectivity index (χ4v) is 3.39. The van der Waals surface area contributed by atoms with E-state index < -0.39 is 29.9 Å². The lowest BCUT2D eigenvalue weighted by atomic mass is 10.1. The second-order valence-electron chi connectivity index (χ2n) is 8.68. The Hall–Kier alpha value is -2.28. The molecule has 0 aliphatic carbocycles. The number of carbonyl (C=O) groups is 4. The molecule has 0 rings (SSSR count). The summed E-state index contributed by atoms with van der Waals surface area (Å²) in [6, 6.07) is -1.11. The third-order valence-electron chi connectivity index (χ3n) is 5.48. The lowest BCUT2D eigenvalue weighted by Gasteiger charge is -2.10. The van der Waals surface area contributed by atoms with Gasteiger partial charge in [0, 0.05) is 19.3 Å². The van der Waals surface area contributed by atoms with E-state index in [9.17, 15) is 19.2 Å². The second kappa shape index (κ2) is 22.5. The Kier molecular flexibility index (Phi) is 21.0. The van der Waals surface area contributed by atoms with E-state index in [2.05, 4.69) is 13.2 Å². The molecule has 7 nitrogen and oxygen atoms in total. The maximum Gasteiger partial charge on any atom is 0.330 e. The average Bonchev–Trinajstić information content (AvgIpc) is 2.80. The summed E-state index contributed by atoms with van der Waals surface area (Å²) < 4.78 is 9.51. The van der Waals surface area contributed by atoms with Gasteiger partial charge in [-0.25, -0.2) is 4.79 Å². The van der Waals surface area contributed by atoms with Crippen molar-refractivity contribution in [1.82, 2.24) is 0 Å². The van der Waals surface area contributed by atoms with Crippen LogP contribution in [0.2, 0.25) is 0 Å². The molecule has 1 atom stereocenters. The normalized spacial score (nSPS) is 11.4. The van der Waals surface area contributed by atoms with Gasteiger partial charge < -0.3 is 15.2 Å². The number of ether oxygens (including phenoxy) is 2. The maximum atomic E-state index is 11.9. The summed E-state index contributed by atoms with van der Waals surface area (Å²) in [5, 5.41) is 0. The third-order valence-corrected chi connectivity index (χ3v) is 5.48. The van der Waals surface area contributed by atoms with Crippen molar-refractivity contribution in [2.45, 2.75) is 122 Å². The quantitative estimate of drug-likeness (QED) is 0.0897. The van der Waals surface area contributed by atoms with Crippen LogP contribution in [0, 0.1) is 0 Å². The zero-order valence-electron chi connectivity index (χ0n) is 20.9. The summed E-state index contributed by atoms with van der Waals surface area (Å²) in [6.45, 7) is 7.38. The monoisotopic (exact) mass is 479 g/mol. The molecule has 0 aromatic rings. The van der Waals surface area contributed by atoms with Crippen molar-refractivity contribution in [3.8, 4) is 0 Å². The van der Waals surface area contributed by atoms with Gasteiger partial charge >= 0.3 is 23.9 Å². The fraction of sp³-hybridized carbons (Fsp3) is 0.704. The van der Waals surface area contributed by atoms with E-state index >= 15 is 0 Å². The lowest BCUT2D eigenvalue weighted by molar-refractivity contribution is -0.160. The number of allylic oxidation sites excluding steroid dienone is 2. The first-order valence-corrected chi connectivity index (χ1v) is 12.9. The highest BCUT2D eigenvalue weighted by atomic mass is 16.6. The molecular formula is C27H45NO6. The Bertz CT molecular complexity index is 616. The van der Waals surface area contributed by atoms with E-state index in [1.165, 1.54) is 0 Å². The molecule has 0 heterocycles. The lowest BCUT2D eigenvalue weighted by Crippen LogP contribution is -2.34. The van der Waals surface area contributed by atoms with Crippen LogP contribution in [0.25, 0.3) is 0 Å². The molecule has 2 N–H and O–H groups in total. The van der Waals surface area contributed by atoms with Gasteiger partial charge in [-0.05, 0) is 44.9 Å². The standard InChI is InChI=1S/C27H45NO6/c1-3-5-7-9-11-13-15-17-19-24(29)33-26(31)22-21-23(28)27(32)34-25(30)20-18-16-14-12-10-8-6-4-2/h3-4,23H,1-2,5-22,28H2/t23-/m0/s1. The number of hydrogen-bond donors (Lipinski definition) is 1. The molecule has 0 fully saturated rings. The number of hydrogen-bond acceptors (Lipinski definition) is 7. The molecule has 0 amide bonds. The Morgan fingerprint density at radius 2 is 0.971 bits per heavy atom. The SMILES string of the molecule is C=CCCCCCCCCC(=O)OC(=O)CC[C@H](N)C(=O)OC(=O)CCCCCCCCC=C. The zero-order valence-corrected chi connectivity index (χ0v) is 20.9. The van der Waals surface area contributed by atoms with Crippen molar-refractivity contribution in [2.24, 2.45) is 5.73 Å². The molecule has 0 aromatic carbocycles. The van der Waals surface area contributed by atoms with Crippen LogP contribution in [0.5, 0.6) is 0 Å². The molecule has 0 aromatic heterocycles. The summed E-state index contributed by atoms with van der Waals surface area (Å²) in [7, 11) is 0. The van der Waals surface area contributed by atoms with E-state index in [1.807, 2.05) is 12.2 Å². The highest BCUT2D eigenvalue weighted by molar-refractivity contribution is 5.89. The largest absolute Gasteiger partial charge is 0.393 e. The van der Waals surface area contributed by atoms with Gasteiger partial charge in [0.05, 0.1) is 0 Å². The smallest absolute Gasteiger partial charge is 0.330 e. The third kappa shape index (κ3) is 20.3. The van der Waals surface area contributed by atoms with Crippen molar-refractivity contribution in [3.63, 3.8) is 0 Å². The number of esters is 4. The molecule has 0 spiro atoms. The summed E-state index contributed by atoms with van der Waals surface area (Å²) in [5.74, 6) is -2.76. The molecule has 0 saturated heterocycles. The van der Waals surface area contributed by atoms with Crippen molar-refractivity contribution in [3.05, 3.63) is 25.3 Å². The van der Waals surface area contributed by atoms with Gasteiger partial charge in [0.2, 0.25) is 0 Å². The average molecular weight is 480 g/mol. The summed E-state index contributed by atoms with van der Waals surface area (Å²) in [6.07, 6.45) is 18.0. The van der Waals surface area contributed by atoms with E-state index in [-0.39, 0.29) is 25.7 Å². The number of rotatable bonds is 22. The molecule has 0 radical (unpaired) electrons. The topological polar surface area (TPSA) is 113 Å². The number of nitrogens with two attached hydrogens (primary N) is 1. The first kappa shape index (κ1) is 31.7. The predicted octanol–water partition coefficient (Wildman–Crippen LogP) is 5.85. The van der Waals surface area contributed by atoms with Gasteiger partial charge in [0.25, 0.3) is 0 Å². The molecule has 0 saturated carbocycles. The summed E-state index contributed by atoms with van der Waals surface area (Å²) in [5.41, 5.74) is 5.70. The van der Waals surface area contributed by atoms with Gasteiger partial charge in [-0.15, -0.1) is 13.2 Å². The van der Waals surface area contributed by atoms with E-state index in [0.29, 0.717) is 12.8 Å². The molecule has 7 heteroatoms. The van der Waals surface area contributed by atoms with Gasteiger partial charge in [-0.1, -0.05) is 63.5 Å². The zero-order chi connectivity index (χ0) is 25.4. The second-order valence-corrected chi connectivity index (χ2v) is 8.68. The Morgan fingerprint density at radius 3 is 1.44 bits per heavy atom. The van der Waals surface area contributed by atoms with Gasteiger partial charge in [-0.2, -0.15) is 0 Å². The van der Waals surface area contributed by atoms with Gasteiger partial charge in [0.15, 0.2) is 0 Å². The van der Waals surface area contributed by atoms with E-state index in [1.54, 1.807) is 0 Å². The Balaban J connectivity index is 3.79. The first-order valence-electron chi connectivity index (χ1n) is 12.9. The van der Waals surface area contributed by atoms with Crippen LogP contribution in [0.3, 0.4) is 0 Å². The minimum atomic E-state index is -1.11. The predicted molar refractivity (Wildman–Crippen MR) is 134 cm³/mol. The minimum Gasteiger partial charge on any atom is -0.393 e. The van der Waals surface area contributed by atoms with Crippen LogP contribution in [0.15, 0.2) is 25.3 Å². The van der Waals surface area contributed by atoms with E-state index in [4.69, 9.17) is 15.2 Å². The number of carbonyl (C=O) groups excluding carboxylic acids is 4. The van der Waals surface area contributed by atoms with Crippen LogP contribution in [-0.2, 0) is 28.7 Å². The minimum absolute atomic E-state index is 0.0480. The van der Waals surface area contributed by atoms with Crippen molar-refractivity contribution in [1.29, 1.82) is 0 Å². The maximum absolute atomic E-state index is 11.9. The van der Waals surface area contributed by atoms with Crippen molar-refractivity contribution >= 4 is 23.9 Å². The fourth-order valence-electron chi connectivity index (χ4n) is 3.39. The molecule has 0 unspecified atom stereocenters. The Labute approximate surface area is 205 Å². The molecule has 0 aliphatic rings. The van der Waals surface area contributed by atoms with Crippen LogP contribution in [0.4, 0.5) is 0 Å². The molecule has 0 bridgehead atoms. The highest BCUT2D eigenvalue weighted by Gasteiger charge is 2.21. The molecular weight excluding hydrogens is 434 g/mol. The van der Waals surface area contributed by atoms with Crippen LogP contribution < -0.4 is 5.73 Å². The van der Waals surface area contributed by atoms with Gasteiger partial charge in [-0.3, -0.25) is 14.4 Å². The van der Waals surface area contributed by atoms with Gasteiger partial charge in [0.1, 0.15) is 6.04 Å². The first-order chi connectivity index (χ1) is 16.4. The summed E-state index contributed by atoms with van der Waals surface area (Å²) >= 11 is 0. The van der Waals surface area contributed by atoms with Crippen LogP contribution >= 0.6 is 0 Å². The van der Waals surface area contributed by atoms with Crippen molar-refractivity contribution in [2.75, 3.05) is 0 Å². The van der Waals surface area contributed by atoms with E-state index in [0.717, 1.165) is 77.0 Å². The van der Waals surface area contributed by atoms with Crippen LogP contribution in [0.1, 0.15) is 116 Å². The molecule has 0 aliphatic heterocycles. The number of unbranched alkanes of at least 4 members (excludes halogenated alkanes) is 12. The molecule has 34 heavy (non-hydrogen) atoms. The molecule has 194 valence electrons. The Morgan fingerprint density at radius 1 is 0.588 bits per heavy atom.